The Morgan fingerprint density at radius 2 is 2.08 bits per heavy atom. The maximum absolute atomic E-state index is 10.8. The highest BCUT2D eigenvalue weighted by Gasteiger charge is 1.98. The third kappa shape index (κ3) is 8.41. The van der Waals surface area contributed by atoms with Crippen LogP contribution in [0.5, 0.6) is 0 Å². The summed E-state index contributed by atoms with van der Waals surface area (Å²) in [7, 11) is 0. The molecule has 0 aromatic rings. The van der Waals surface area contributed by atoms with Crippen molar-refractivity contribution >= 4 is 11.9 Å². The summed E-state index contributed by atoms with van der Waals surface area (Å²) in [5.41, 5.74) is 0. The smallest absolute Gasteiger partial charge is 0.303 e. The lowest BCUT2D eigenvalue weighted by molar-refractivity contribution is -0.137. The fraction of sp³-hybridized carbons (Fsp3) is 0.556. The zero-order valence-electron chi connectivity index (χ0n) is 7.38. The molecule has 0 aromatic heterocycles. The van der Waals surface area contributed by atoms with E-state index in [4.69, 9.17) is 11.5 Å². The minimum absolute atomic E-state index is 0.0823. The molecule has 0 spiro atoms. The SMILES string of the molecule is C#CCC(=O)NCCCCC(=O)O. The first kappa shape index (κ1) is 11.5. The first-order valence-electron chi connectivity index (χ1n) is 4.08. The Hall–Kier alpha value is -1.50. The molecule has 0 aromatic carbocycles. The van der Waals surface area contributed by atoms with Gasteiger partial charge in [0.15, 0.2) is 0 Å². The van der Waals surface area contributed by atoms with E-state index in [9.17, 15) is 9.59 Å². The largest absolute Gasteiger partial charge is 0.481 e. The Labute approximate surface area is 77.3 Å². The zero-order valence-corrected chi connectivity index (χ0v) is 7.38. The fourth-order valence-corrected chi connectivity index (χ4v) is 0.784. The summed E-state index contributed by atoms with van der Waals surface area (Å²) >= 11 is 0. The molecule has 0 aliphatic heterocycles. The Bertz CT molecular complexity index is 217. The van der Waals surface area contributed by atoms with Gasteiger partial charge in [-0.3, -0.25) is 9.59 Å². The van der Waals surface area contributed by atoms with Gasteiger partial charge in [0.05, 0.1) is 6.42 Å². The molecule has 0 heterocycles. The van der Waals surface area contributed by atoms with Gasteiger partial charge >= 0.3 is 5.97 Å². The Morgan fingerprint density at radius 1 is 1.38 bits per heavy atom. The summed E-state index contributed by atoms with van der Waals surface area (Å²) in [6.07, 6.45) is 6.38. The number of carboxylic acid groups (broad SMARTS) is 1. The van der Waals surface area contributed by atoms with Crippen LogP contribution in [0.25, 0.3) is 0 Å². The molecule has 0 saturated heterocycles. The lowest BCUT2D eigenvalue weighted by Gasteiger charge is -2.00. The summed E-state index contributed by atoms with van der Waals surface area (Å²) in [6.45, 7) is 0.494. The fourth-order valence-electron chi connectivity index (χ4n) is 0.784. The number of aliphatic carboxylic acids is 1. The third-order valence-electron chi connectivity index (χ3n) is 1.40. The summed E-state index contributed by atoms with van der Waals surface area (Å²) in [6, 6.07) is 0. The van der Waals surface area contributed by atoms with Gasteiger partial charge in [-0.25, -0.2) is 0 Å². The van der Waals surface area contributed by atoms with Crippen LogP contribution in [0.2, 0.25) is 0 Å². The van der Waals surface area contributed by atoms with Crippen LogP contribution in [0.1, 0.15) is 25.7 Å². The van der Waals surface area contributed by atoms with Crippen molar-refractivity contribution in [1.82, 2.24) is 5.32 Å². The van der Waals surface area contributed by atoms with E-state index < -0.39 is 5.97 Å². The standard InChI is InChI=1S/C9H13NO3/c1-2-5-8(11)10-7-4-3-6-9(12)13/h1H,3-7H2,(H,10,11)(H,12,13). The van der Waals surface area contributed by atoms with E-state index in [1.807, 2.05) is 0 Å². The normalized spacial score (nSPS) is 8.85. The van der Waals surface area contributed by atoms with Gasteiger partial charge in [0.2, 0.25) is 5.91 Å². The molecule has 72 valence electrons. The van der Waals surface area contributed by atoms with Gasteiger partial charge in [-0.1, -0.05) is 5.92 Å². The average molecular weight is 183 g/mol. The minimum atomic E-state index is -0.810. The van der Waals surface area contributed by atoms with Crippen LogP contribution >= 0.6 is 0 Å². The molecule has 0 atom stereocenters. The minimum Gasteiger partial charge on any atom is -0.481 e. The van der Waals surface area contributed by atoms with Crippen molar-refractivity contribution in [3.63, 3.8) is 0 Å². The second-order valence-corrected chi connectivity index (χ2v) is 2.58. The quantitative estimate of drug-likeness (QED) is 0.462. The molecule has 0 aliphatic rings. The number of terminal acetylenes is 1. The van der Waals surface area contributed by atoms with Crippen molar-refractivity contribution in [2.75, 3.05) is 6.54 Å². The van der Waals surface area contributed by atoms with Crippen LogP contribution in [0, 0.1) is 12.3 Å². The molecule has 4 nitrogen and oxygen atoms in total. The van der Waals surface area contributed by atoms with Gasteiger partial charge in [0.25, 0.3) is 0 Å². The number of rotatable bonds is 6. The van der Waals surface area contributed by atoms with Crippen molar-refractivity contribution in [1.29, 1.82) is 0 Å². The molecule has 0 aliphatic carbocycles. The number of carbonyl (C=O) groups excluding carboxylic acids is 1. The second-order valence-electron chi connectivity index (χ2n) is 2.58. The van der Waals surface area contributed by atoms with Crippen molar-refractivity contribution < 1.29 is 14.7 Å². The second kappa shape index (κ2) is 7.17. The van der Waals surface area contributed by atoms with Crippen molar-refractivity contribution in [3.05, 3.63) is 0 Å². The number of hydrogen-bond donors (Lipinski definition) is 2. The van der Waals surface area contributed by atoms with Gasteiger partial charge in [-0.2, -0.15) is 0 Å². The van der Waals surface area contributed by atoms with Gasteiger partial charge in [0, 0.05) is 13.0 Å². The Kier molecular flexibility index (Phi) is 6.34. The summed E-state index contributed by atoms with van der Waals surface area (Å²) in [5.74, 6) is 1.23. The molecule has 0 bridgehead atoms. The number of nitrogens with one attached hydrogen (secondary N) is 1. The topological polar surface area (TPSA) is 66.4 Å². The molecule has 0 radical (unpaired) electrons. The number of amides is 1. The van der Waals surface area contributed by atoms with Crippen molar-refractivity contribution in [2.24, 2.45) is 0 Å². The van der Waals surface area contributed by atoms with Crippen LogP contribution in [-0.4, -0.2) is 23.5 Å². The van der Waals surface area contributed by atoms with Crippen LogP contribution in [0.15, 0.2) is 0 Å². The molecule has 0 unspecified atom stereocenters. The molecule has 2 N–H and O–H groups in total. The third-order valence-corrected chi connectivity index (χ3v) is 1.40. The van der Waals surface area contributed by atoms with E-state index in [-0.39, 0.29) is 18.7 Å². The maximum Gasteiger partial charge on any atom is 0.303 e. The molecular formula is C9H13NO3. The van der Waals surface area contributed by atoms with Crippen LogP contribution in [0.4, 0.5) is 0 Å². The highest BCUT2D eigenvalue weighted by Crippen LogP contribution is 1.93. The van der Waals surface area contributed by atoms with Crippen molar-refractivity contribution in [2.45, 2.75) is 25.7 Å². The molecule has 0 saturated carbocycles. The van der Waals surface area contributed by atoms with Gasteiger partial charge in [0.1, 0.15) is 0 Å². The first-order valence-corrected chi connectivity index (χ1v) is 4.08. The van der Waals surface area contributed by atoms with E-state index in [0.29, 0.717) is 19.4 Å². The summed E-state index contributed by atoms with van der Waals surface area (Å²) in [5, 5.41) is 10.9. The summed E-state index contributed by atoms with van der Waals surface area (Å²) < 4.78 is 0. The van der Waals surface area contributed by atoms with Gasteiger partial charge < -0.3 is 10.4 Å². The first-order chi connectivity index (χ1) is 6.16. The van der Waals surface area contributed by atoms with E-state index >= 15 is 0 Å². The predicted molar refractivity (Wildman–Crippen MR) is 47.9 cm³/mol. The van der Waals surface area contributed by atoms with Crippen LogP contribution < -0.4 is 5.32 Å². The zero-order chi connectivity index (χ0) is 10.1. The van der Waals surface area contributed by atoms with E-state index in [1.54, 1.807) is 0 Å². The van der Waals surface area contributed by atoms with E-state index in [0.717, 1.165) is 0 Å². The number of carbonyl (C=O) groups is 2. The molecular weight excluding hydrogens is 170 g/mol. The van der Waals surface area contributed by atoms with E-state index in [1.165, 1.54) is 0 Å². The van der Waals surface area contributed by atoms with Crippen LogP contribution in [-0.2, 0) is 9.59 Å². The Morgan fingerprint density at radius 3 is 2.62 bits per heavy atom. The van der Waals surface area contributed by atoms with E-state index in [2.05, 4.69) is 11.2 Å². The monoisotopic (exact) mass is 183 g/mol. The lowest BCUT2D eigenvalue weighted by Crippen LogP contribution is -2.23. The Balaban J connectivity index is 3.22. The summed E-state index contributed by atoms with van der Waals surface area (Å²) in [4.78, 5) is 20.9. The number of hydrogen-bond acceptors (Lipinski definition) is 2. The van der Waals surface area contributed by atoms with Crippen LogP contribution in [0.3, 0.4) is 0 Å². The highest BCUT2D eigenvalue weighted by atomic mass is 16.4. The number of unbranched alkanes of at least 4 members (excludes halogenated alkanes) is 1. The van der Waals surface area contributed by atoms with Crippen molar-refractivity contribution in [3.8, 4) is 12.3 Å². The molecule has 0 fully saturated rings. The molecule has 1 amide bonds. The average Bonchev–Trinajstić information content (AvgIpc) is 2.03. The predicted octanol–water partition coefficient (Wildman–Crippen LogP) is 0.381. The maximum atomic E-state index is 10.8. The highest BCUT2D eigenvalue weighted by molar-refractivity contribution is 5.78. The molecule has 13 heavy (non-hydrogen) atoms. The number of carboxylic acids is 1. The lowest BCUT2D eigenvalue weighted by atomic mass is 10.2. The van der Waals surface area contributed by atoms with Gasteiger partial charge in [-0.15, -0.1) is 6.42 Å². The molecule has 0 rings (SSSR count). The molecule has 4 heteroatoms. The van der Waals surface area contributed by atoms with Gasteiger partial charge in [-0.05, 0) is 12.8 Å².